The zero-order valence-electron chi connectivity index (χ0n) is 19.8. The molecule has 1 saturated heterocycles. The molecule has 11 nitrogen and oxygen atoms in total. The van der Waals surface area contributed by atoms with Gasteiger partial charge in [0.25, 0.3) is 5.56 Å². The Morgan fingerprint density at radius 3 is 2.60 bits per heavy atom. The molecular weight excluding hydrogens is 501 g/mol. The van der Waals surface area contributed by atoms with Crippen molar-refractivity contribution in [2.24, 2.45) is 0 Å². The van der Waals surface area contributed by atoms with Gasteiger partial charge in [-0.25, -0.2) is 9.36 Å². The van der Waals surface area contributed by atoms with Gasteiger partial charge in [0.2, 0.25) is 0 Å². The molecule has 1 fully saturated rings. The zero-order valence-corrected chi connectivity index (χ0v) is 21.5. The summed E-state index contributed by atoms with van der Waals surface area (Å²) in [6, 6.07) is 9.53. The zero-order chi connectivity index (χ0) is 25.8. The average Bonchev–Trinajstić information content (AvgIpc) is 3.12. The van der Waals surface area contributed by atoms with Crippen LogP contribution >= 0.6 is 19.3 Å². The molecule has 1 aromatic heterocycles. The lowest BCUT2D eigenvalue weighted by molar-refractivity contribution is -0.153. The Labute approximate surface area is 207 Å². The highest BCUT2D eigenvalue weighted by molar-refractivity contribution is 7.52. The van der Waals surface area contributed by atoms with Crippen LogP contribution in [0.25, 0.3) is 0 Å². The number of hydrogen-bond donors (Lipinski definition) is 2. The Hall–Kier alpha value is -2.43. The summed E-state index contributed by atoms with van der Waals surface area (Å²) >= 11 is 6.39. The number of carbonyl (C=O) groups is 1. The predicted molar refractivity (Wildman–Crippen MR) is 129 cm³/mol. The van der Waals surface area contributed by atoms with Crippen molar-refractivity contribution in [2.75, 3.05) is 6.61 Å². The average molecular weight is 530 g/mol. The SMILES string of the molecule is CC(C)OC(=O)C(C)(C)N[P@](=O)(OC[C@@H]1C[C@H](Cl)[C@H](n2ccc(=O)[nH]c2=O)O1)Oc1ccccc1. The third-order valence-electron chi connectivity index (χ3n) is 4.92. The highest BCUT2D eigenvalue weighted by Gasteiger charge is 2.43. The Morgan fingerprint density at radius 1 is 1.29 bits per heavy atom. The highest BCUT2D eigenvalue weighted by Crippen LogP contribution is 2.47. The lowest BCUT2D eigenvalue weighted by Gasteiger charge is -2.30. The van der Waals surface area contributed by atoms with Crippen molar-refractivity contribution in [1.29, 1.82) is 0 Å². The Kier molecular flexibility index (Phi) is 8.61. The Morgan fingerprint density at radius 2 is 1.97 bits per heavy atom. The molecule has 2 heterocycles. The molecule has 0 radical (unpaired) electrons. The van der Waals surface area contributed by atoms with E-state index in [1.165, 1.54) is 30.7 Å². The fraction of sp³-hybridized carbons (Fsp3) is 0.500. The molecule has 1 aromatic carbocycles. The molecule has 2 N–H and O–H groups in total. The van der Waals surface area contributed by atoms with E-state index in [0.717, 1.165) is 0 Å². The maximum absolute atomic E-state index is 13.7. The number of carbonyl (C=O) groups excluding carboxylic acids is 1. The van der Waals surface area contributed by atoms with E-state index in [2.05, 4.69) is 10.1 Å². The minimum atomic E-state index is -4.13. The number of benzene rings is 1. The molecule has 0 amide bonds. The van der Waals surface area contributed by atoms with Gasteiger partial charge in [0.15, 0.2) is 6.23 Å². The quantitative estimate of drug-likeness (QED) is 0.270. The summed E-state index contributed by atoms with van der Waals surface area (Å²) in [6.07, 6.45) is -0.337. The van der Waals surface area contributed by atoms with Crippen LogP contribution in [0.5, 0.6) is 5.75 Å². The molecule has 3 rings (SSSR count). The third-order valence-corrected chi connectivity index (χ3v) is 7.09. The summed E-state index contributed by atoms with van der Waals surface area (Å²) in [7, 11) is -4.13. The van der Waals surface area contributed by atoms with E-state index in [0.29, 0.717) is 0 Å². The lowest BCUT2D eigenvalue weighted by atomic mass is 10.1. The summed E-state index contributed by atoms with van der Waals surface area (Å²) in [5.41, 5.74) is -2.62. The predicted octanol–water partition coefficient (Wildman–Crippen LogP) is 2.96. The molecule has 192 valence electrons. The van der Waals surface area contributed by atoms with Gasteiger partial charge in [-0.3, -0.25) is 23.7 Å². The minimum absolute atomic E-state index is 0.218. The van der Waals surface area contributed by atoms with Gasteiger partial charge in [-0.1, -0.05) is 18.2 Å². The number of H-pyrrole nitrogens is 1. The molecule has 13 heteroatoms. The van der Waals surface area contributed by atoms with Crippen LogP contribution in [0.3, 0.4) is 0 Å². The van der Waals surface area contributed by atoms with E-state index in [1.54, 1.807) is 44.2 Å². The van der Waals surface area contributed by atoms with Crippen molar-refractivity contribution in [3.63, 3.8) is 0 Å². The molecule has 0 spiro atoms. The minimum Gasteiger partial charge on any atom is -0.462 e. The number of ether oxygens (including phenoxy) is 2. The van der Waals surface area contributed by atoms with E-state index >= 15 is 0 Å². The van der Waals surface area contributed by atoms with Crippen molar-refractivity contribution < 1.29 is 27.9 Å². The molecule has 0 bridgehead atoms. The number of hydrogen-bond acceptors (Lipinski definition) is 8. The lowest BCUT2D eigenvalue weighted by Crippen LogP contribution is -2.47. The summed E-state index contributed by atoms with van der Waals surface area (Å²) in [5.74, 6) is -0.375. The van der Waals surface area contributed by atoms with Crippen LogP contribution in [0.2, 0.25) is 0 Å². The molecule has 2 aromatic rings. The Bertz CT molecular complexity index is 1180. The number of nitrogens with one attached hydrogen (secondary N) is 2. The van der Waals surface area contributed by atoms with Gasteiger partial charge in [0, 0.05) is 12.3 Å². The first-order chi connectivity index (χ1) is 16.4. The first kappa shape index (κ1) is 27.2. The third kappa shape index (κ3) is 7.28. The van der Waals surface area contributed by atoms with Crippen molar-refractivity contribution in [3.8, 4) is 5.75 Å². The standard InChI is InChI=1S/C22H29ClN3O8P/c1-14(2)32-20(28)22(3,4)25-35(30,34-15-8-6-5-7-9-15)31-13-16-12-17(23)19(33-16)26-11-10-18(27)24-21(26)29/h5-11,14,16-17,19H,12-13H2,1-4H3,(H,25,30)(H,24,27,29)/t16-,17-,19+,35-/m0/s1. The van der Waals surface area contributed by atoms with Crippen LogP contribution in [0, 0.1) is 0 Å². The fourth-order valence-electron chi connectivity index (χ4n) is 3.31. The topological polar surface area (TPSA) is 138 Å². The first-order valence-electron chi connectivity index (χ1n) is 11.0. The van der Waals surface area contributed by atoms with Gasteiger partial charge in [0.05, 0.1) is 24.2 Å². The van der Waals surface area contributed by atoms with Crippen LogP contribution in [-0.2, 0) is 23.4 Å². The van der Waals surface area contributed by atoms with E-state index in [-0.39, 0.29) is 24.9 Å². The van der Waals surface area contributed by atoms with Crippen LogP contribution < -0.4 is 20.9 Å². The van der Waals surface area contributed by atoms with E-state index in [9.17, 15) is 18.9 Å². The van der Waals surface area contributed by atoms with Gasteiger partial charge < -0.3 is 14.0 Å². The van der Waals surface area contributed by atoms with E-state index < -0.39 is 48.2 Å². The number of halogens is 1. The molecule has 0 unspecified atom stereocenters. The summed E-state index contributed by atoms with van der Waals surface area (Å²) < 4.78 is 37.3. The molecule has 0 saturated carbocycles. The second kappa shape index (κ2) is 11.1. The van der Waals surface area contributed by atoms with Crippen LogP contribution in [0.1, 0.15) is 40.3 Å². The first-order valence-corrected chi connectivity index (χ1v) is 13.0. The van der Waals surface area contributed by atoms with Gasteiger partial charge >= 0.3 is 19.4 Å². The second-order valence-corrected chi connectivity index (χ2v) is 11.0. The second-order valence-electron chi connectivity index (χ2n) is 8.81. The molecular formula is C22H29ClN3O8P. The number of esters is 1. The molecule has 0 aliphatic carbocycles. The van der Waals surface area contributed by atoms with Crippen molar-refractivity contribution in [3.05, 3.63) is 63.4 Å². The smallest absolute Gasteiger partial charge is 0.459 e. The van der Waals surface area contributed by atoms with Crippen LogP contribution in [0.4, 0.5) is 0 Å². The number of nitrogens with zero attached hydrogens (tertiary/aromatic N) is 1. The normalized spacial score (nSPS) is 22.1. The number of aromatic amines is 1. The van der Waals surface area contributed by atoms with E-state index in [4.69, 9.17) is 30.1 Å². The maximum Gasteiger partial charge on any atom is 0.459 e. The summed E-state index contributed by atoms with van der Waals surface area (Å²) in [5, 5.41) is 2.05. The summed E-state index contributed by atoms with van der Waals surface area (Å²) in [6.45, 7) is 6.19. The monoisotopic (exact) mass is 529 g/mol. The van der Waals surface area contributed by atoms with Crippen molar-refractivity contribution >= 4 is 25.3 Å². The fourth-order valence-corrected chi connectivity index (χ4v) is 5.39. The summed E-state index contributed by atoms with van der Waals surface area (Å²) in [4.78, 5) is 38.2. The van der Waals surface area contributed by atoms with E-state index in [1.807, 2.05) is 0 Å². The van der Waals surface area contributed by atoms with Crippen LogP contribution in [0.15, 0.2) is 52.2 Å². The number of aromatic nitrogens is 2. The molecule has 35 heavy (non-hydrogen) atoms. The molecule has 4 atom stereocenters. The number of para-hydroxylation sites is 1. The van der Waals surface area contributed by atoms with Crippen molar-refractivity contribution in [2.45, 2.75) is 63.5 Å². The van der Waals surface area contributed by atoms with Crippen molar-refractivity contribution in [1.82, 2.24) is 14.6 Å². The molecule has 1 aliphatic heterocycles. The van der Waals surface area contributed by atoms with Gasteiger partial charge in [-0.05, 0) is 46.2 Å². The maximum atomic E-state index is 13.7. The van der Waals surface area contributed by atoms with Gasteiger partial charge in [-0.15, -0.1) is 11.6 Å². The van der Waals surface area contributed by atoms with Gasteiger partial charge in [-0.2, -0.15) is 5.09 Å². The van der Waals surface area contributed by atoms with Gasteiger partial charge in [0.1, 0.15) is 11.3 Å². The van der Waals surface area contributed by atoms with Crippen LogP contribution in [-0.4, -0.2) is 45.3 Å². The number of alkyl halides is 1. The number of rotatable bonds is 10. The largest absolute Gasteiger partial charge is 0.462 e. The highest BCUT2D eigenvalue weighted by atomic mass is 35.5. The Balaban J connectivity index is 1.75. The molecule has 1 aliphatic rings.